The van der Waals surface area contributed by atoms with E-state index in [0.29, 0.717) is 13.0 Å². The fraction of sp³-hybridized carbons (Fsp3) is 0.885. The summed E-state index contributed by atoms with van der Waals surface area (Å²) in [5.41, 5.74) is 0. The Morgan fingerprint density at radius 2 is 1.07 bits per heavy atom. The Labute approximate surface area is 182 Å². The van der Waals surface area contributed by atoms with Crippen LogP contribution in [-0.2, 0) is 4.79 Å². The smallest absolute Gasteiger partial charge is 0.220 e. The van der Waals surface area contributed by atoms with Crippen LogP contribution >= 0.6 is 0 Å². The SMILES string of the molecule is CCCCCCCC/C=C/CCCCCCCCCCCCCC(=O)NCCO. The van der Waals surface area contributed by atoms with Crippen molar-refractivity contribution in [1.82, 2.24) is 5.32 Å². The van der Waals surface area contributed by atoms with E-state index in [1.807, 2.05) is 0 Å². The van der Waals surface area contributed by atoms with Crippen molar-refractivity contribution in [3.8, 4) is 0 Å². The summed E-state index contributed by atoms with van der Waals surface area (Å²) < 4.78 is 0. The number of carbonyl (C=O) groups is 1. The minimum absolute atomic E-state index is 0.0299. The molecule has 0 atom stereocenters. The van der Waals surface area contributed by atoms with Crippen molar-refractivity contribution in [2.75, 3.05) is 13.2 Å². The number of carbonyl (C=O) groups excluding carboxylic acids is 1. The van der Waals surface area contributed by atoms with Gasteiger partial charge in [-0.25, -0.2) is 0 Å². The van der Waals surface area contributed by atoms with Gasteiger partial charge in [0, 0.05) is 13.0 Å². The highest BCUT2D eigenvalue weighted by Gasteiger charge is 1.99. The Morgan fingerprint density at radius 1 is 0.655 bits per heavy atom. The van der Waals surface area contributed by atoms with Gasteiger partial charge in [0.15, 0.2) is 0 Å². The number of unbranched alkanes of at least 4 members (excludes halogenated alkanes) is 17. The summed E-state index contributed by atoms with van der Waals surface area (Å²) in [6.07, 6.45) is 30.7. The van der Waals surface area contributed by atoms with Gasteiger partial charge in [0.25, 0.3) is 0 Å². The van der Waals surface area contributed by atoms with E-state index in [-0.39, 0.29) is 12.5 Å². The fourth-order valence-corrected chi connectivity index (χ4v) is 3.70. The average Bonchev–Trinajstić information content (AvgIpc) is 2.73. The van der Waals surface area contributed by atoms with Crippen LogP contribution in [0.3, 0.4) is 0 Å². The maximum atomic E-state index is 11.4. The molecule has 0 radical (unpaired) electrons. The molecule has 2 N–H and O–H groups in total. The van der Waals surface area contributed by atoms with Crippen LogP contribution in [0.5, 0.6) is 0 Å². The first kappa shape index (κ1) is 28.2. The van der Waals surface area contributed by atoms with E-state index in [1.54, 1.807) is 0 Å². The fourth-order valence-electron chi connectivity index (χ4n) is 3.70. The van der Waals surface area contributed by atoms with Crippen LogP contribution in [0.2, 0.25) is 0 Å². The lowest BCUT2D eigenvalue weighted by atomic mass is 10.0. The number of aliphatic hydroxyl groups is 1. The largest absolute Gasteiger partial charge is 0.395 e. The molecule has 0 saturated carbocycles. The second-order valence-electron chi connectivity index (χ2n) is 8.53. The number of aliphatic hydroxyl groups excluding tert-OH is 1. The van der Waals surface area contributed by atoms with Gasteiger partial charge < -0.3 is 10.4 Å². The van der Waals surface area contributed by atoms with Crippen LogP contribution in [0.15, 0.2) is 12.2 Å². The maximum Gasteiger partial charge on any atom is 0.220 e. The van der Waals surface area contributed by atoms with Gasteiger partial charge in [-0.3, -0.25) is 4.79 Å². The zero-order valence-corrected chi connectivity index (χ0v) is 19.6. The van der Waals surface area contributed by atoms with Crippen LogP contribution in [0, 0.1) is 0 Å². The minimum atomic E-state index is 0.0299. The highest BCUT2D eigenvalue weighted by molar-refractivity contribution is 5.75. The molecule has 3 nitrogen and oxygen atoms in total. The number of nitrogens with one attached hydrogen (secondary N) is 1. The average molecular weight is 410 g/mol. The van der Waals surface area contributed by atoms with Crippen LogP contribution in [0.1, 0.15) is 135 Å². The van der Waals surface area contributed by atoms with Crippen molar-refractivity contribution in [2.45, 2.75) is 135 Å². The van der Waals surface area contributed by atoms with E-state index >= 15 is 0 Å². The second kappa shape index (κ2) is 25.2. The van der Waals surface area contributed by atoms with E-state index < -0.39 is 0 Å². The van der Waals surface area contributed by atoms with Gasteiger partial charge in [-0.15, -0.1) is 0 Å². The zero-order valence-electron chi connectivity index (χ0n) is 19.6. The number of amides is 1. The lowest BCUT2D eigenvalue weighted by Crippen LogP contribution is -2.25. The van der Waals surface area contributed by atoms with E-state index in [4.69, 9.17) is 5.11 Å². The Kier molecular flexibility index (Phi) is 24.5. The van der Waals surface area contributed by atoms with Crippen molar-refractivity contribution >= 4 is 5.91 Å². The van der Waals surface area contributed by atoms with Crippen molar-refractivity contribution in [1.29, 1.82) is 0 Å². The van der Waals surface area contributed by atoms with Gasteiger partial charge in [0.05, 0.1) is 6.61 Å². The van der Waals surface area contributed by atoms with Crippen LogP contribution in [0.4, 0.5) is 0 Å². The summed E-state index contributed by atoms with van der Waals surface area (Å²) in [6, 6.07) is 0. The minimum Gasteiger partial charge on any atom is -0.395 e. The molecular weight excluding hydrogens is 358 g/mol. The predicted molar refractivity (Wildman–Crippen MR) is 127 cm³/mol. The highest BCUT2D eigenvalue weighted by atomic mass is 16.3. The van der Waals surface area contributed by atoms with E-state index in [0.717, 1.165) is 12.8 Å². The molecular formula is C26H51NO2. The second-order valence-corrected chi connectivity index (χ2v) is 8.53. The van der Waals surface area contributed by atoms with Crippen molar-refractivity contribution in [3.05, 3.63) is 12.2 Å². The quantitative estimate of drug-likeness (QED) is 0.136. The van der Waals surface area contributed by atoms with Gasteiger partial charge >= 0.3 is 0 Å². The normalized spacial score (nSPS) is 11.4. The predicted octanol–water partition coefficient (Wildman–Crippen LogP) is 7.47. The standard InChI is InChI=1S/C26H51NO2/c1-2-3-4-5-6-7-8-9-10-11-12-13-14-15-16-17-18-19-20-21-22-23-26(29)27-24-25-28/h9-10,28H,2-8,11-25H2,1H3,(H,27,29)/b10-9+. The first-order valence-corrected chi connectivity index (χ1v) is 12.8. The summed E-state index contributed by atoms with van der Waals surface area (Å²) in [7, 11) is 0. The summed E-state index contributed by atoms with van der Waals surface area (Å²) in [6.45, 7) is 2.69. The topological polar surface area (TPSA) is 49.3 Å². The summed E-state index contributed by atoms with van der Waals surface area (Å²) in [5.74, 6) is 0.0762. The third kappa shape index (κ3) is 25.1. The third-order valence-electron chi connectivity index (χ3n) is 5.60. The van der Waals surface area contributed by atoms with Gasteiger partial charge in [0.2, 0.25) is 5.91 Å². The number of rotatable bonds is 23. The summed E-state index contributed by atoms with van der Waals surface area (Å²) in [5, 5.41) is 11.3. The van der Waals surface area contributed by atoms with Gasteiger partial charge in [-0.2, -0.15) is 0 Å². The molecule has 0 aromatic carbocycles. The Bertz CT molecular complexity index is 355. The molecule has 0 fully saturated rings. The van der Waals surface area contributed by atoms with Crippen molar-refractivity contribution in [3.63, 3.8) is 0 Å². The summed E-state index contributed by atoms with van der Waals surface area (Å²) >= 11 is 0. The number of hydrogen-bond acceptors (Lipinski definition) is 2. The Morgan fingerprint density at radius 3 is 1.52 bits per heavy atom. The molecule has 172 valence electrons. The van der Waals surface area contributed by atoms with E-state index in [2.05, 4.69) is 24.4 Å². The Hall–Kier alpha value is -0.830. The highest BCUT2D eigenvalue weighted by Crippen LogP contribution is 2.13. The lowest BCUT2D eigenvalue weighted by molar-refractivity contribution is -0.121. The third-order valence-corrected chi connectivity index (χ3v) is 5.60. The van der Waals surface area contributed by atoms with E-state index in [1.165, 1.54) is 109 Å². The lowest BCUT2D eigenvalue weighted by Gasteiger charge is -2.04. The Balaban J connectivity index is 3.11. The monoisotopic (exact) mass is 409 g/mol. The van der Waals surface area contributed by atoms with Gasteiger partial charge in [-0.1, -0.05) is 109 Å². The van der Waals surface area contributed by atoms with E-state index in [9.17, 15) is 4.79 Å². The molecule has 0 aliphatic heterocycles. The molecule has 0 aliphatic carbocycles. The first-order valence-electron chi connectivity index (χ1n) is 12.8. The summed E-state index contributed by atoms with van der Waals surface area (Å²) in [4.78, 5) is 11.4. The molecule has 0 aromatic heterocycles. The van der Waals surface area contributed by atoms with Crippen molar-refractivity contribution in [2.24, 2.45) is 0 Å². The van der Waals surface area contributed by atoms with Gasteiger partial charge in [0.1, 0.15) is 0 Å². The van der Waals surface area contributed by atoms with Crippen LogP contribution in [0.25, 0.3) is 0 Å². The molecule has 0 bridgehead atoms. The van der Waals surface area contributed by atoms with Gasteiger partial charge in [-0.05, 0) is 32.1 Å². The van der Waals surface area contributed by atoms with Crippen LogP contribution < -0.4 is 5.32 Å². The zero-order chi connectivity index (χ0) is 21.3. The number of hydrogen-bond donors (Lipinski definition) is 2. The molecule has 0 rings (SSSR count). The van der Waals surface area contributed by atoms with Crippen molar-refractivity contribution < 1.29 is 9.90 Å². The number of allylic oxidation sites excluding steroid dienone is 2. The molecule has 3 heteroatoms. The molecule has 0 heterocycles. The van der Waals surface area contributed by atoms with Crippen LogP contribution in [-0.4, -0.2) is 24.2 Å². The molecule has 29 heavy (non-hydrogen) atoms. The first-order chi connectivity index (χ1) is 14.3. The molecule has 0 unspecified atom stereocenters. The molecule has 0 saturated heterocycles. The molecule has 0 aromatic rings. The molecule has 0 aliphatic rings. The molecule has 1 amide bonds. The molecule has 0 spiro atoms. The maximum absolute atomic E-state index is 11.4.